The van der Waals surface area contributed by atoms with Crippen molar-refractivity contribution < 1.29 is 33.9 Å². The van der Waals surface area contributed by atoms with Crippen LogP contribution in [-0.2, 0) is 25.7 Å². The zero-order valence-corrected chi connectivity index (χ0v) is 25.8. The summed E-state index contributed by atoms with van der Waals surface area (Å²) in [5.41, 5.74) is 6.59. The highest BCUT2D eigenvalue weighted by atomic mass is 16.5. The van der Waals surface area contributed by atoms with Crippen LogP contribution in [0.25, 0.3) is 0 Å². The number of methoxy groups -OCH3 is 3. The van der Waals surface area contributed by atoms with E-state index in [0.29, 0.717) is 66.7 Å². The van der Waals surface area contributed by atoms with E-state index in [1.165, 1.54) is 7.11 Å². The van der Waals surface area contributed by atoms with Crippen LogP contribution in [0.1, 0.15) is 39.4 Å². The van der Waals surface area contributed by atoms with Crippen molar-refractivity contribution in [2.45, 2.75) is 31.7 Å². The number of phenols is 2. The molecule has 4 aliphatic rings. The third-order valence-electron chi connectivity index (χ3n) is 9.06. The normalized spacial score (nSPS) is 17.2. The SMILES string of the molecule is COc1cc2c3c(c1OC)Oc1cc4c(c(O)c1OC)CCN(C)[C@H]4Cc1ccc(O)c(c1)Oc1ccc(cc1)CC2=NCC3. The van der Waals surface area contributed by atoms with E-state index in [4.69, 9.17) is 28.7 Å². The molecule has 2 N–H and O–H groups in total. The maximum Gasteiger partial charge on any atom is 0.204 e. The molecule has 45 heavy (non-hydrogen) atoms. The molecule has 4 aromatic rings. The van der Waals surface area contributed by atoms with Crippen LogP contribution in [0.5, 0.6) is 51.7 Å². The van der Waals surface area contributed by atoms with Gasteiger partial charge in [-0.1, -0.05) is 18.2 Å². The number of ether oxygens (including phenoxy) is 5. The van der Waals surface area contributed by atoms with Gasteiger partial charge in [0.25, 0.3) is 0 Å². The van der Waals surface area contributed by atoms with Crippen molar-refractivity contribution >= 4 is 5.71 Å². The van der Waals surface area contributed by atoms with Gasteiger partial charge in [-0.25, -0.2) is 0 Å². The molecule has 0 fully saturated rings. The van der Waals surface area contributed by atoms with E-state index in [9.17, 15) is 10.2 Å². The van der Waals surface area contributed by atoms with Gasteiger partial charge in [0.2, 0.25) is 11.5 Å². The second-order valence-electron chi connectivity index (χ2n) is 11.6. The van der Waals surface area contributed by atoms with Crippen LogP contribution in [0.4, 0.5) is 0 Å². The average Bonchev–Trinajstić information content (AvgIpc) is 3.04. The summed E-state index contributed by atoms with van der Waals surface area (Å²) in [5, 5.41) is 22.3. The van der Waals surface area contributed by atoms with E-state index in [2.05, 4.69) is 11.9 Å². The van der Waals surface area contributed by atoms with Crippen LogP contribution in [-0.4, -0.2) is 62.3 Å². The lowest BCUT2D eigenvalue weighted by Crippen LogP contribution is -2.33. The van der Waals surface area contributed by atoms with Crippen LogP contribution in [0.2, 0.25) is 0 Å². The lowest BCUT2D eigenvalue weighted by molar-refractivity contribution is 0.224. The summed E-state index contributed by atoms with van der Waals surface area (Å²) in [7, 11) is 6.81. The molecule has 0 radical (unpaired) electrons. The van der Waals surface area contributed by atoms with Crippen LogP contribution in [0.3, 0.4) is 0 Å². The first-order chi connectivity index (χ1) is 21.9. The topological polar surface area (TPSA) is 102 Å². The van der Waals surface area contributed by atoms with Crippen molar-refractivity contribution in [1.82, 2.24) is 4.90 Å². The number of aromatic hydroxyl groups is 2. The van der Waals surface area contributed by atoms with E-state index in [-0.39, 0.29) is 23.3 Å². The number of likely N-dealkylation sites (N-methyl/N-ethyl adjacent to an activating group) is 1. The lowest BCUT2D eigenvalue weighted by atomic mass is 9.87. The number of aliphatic imine (C=N–C) groups is 1. The van der Waals surface area contributed by atoms with Gasteiger partial charge in [-0.3, -0.25) is 9.89 Å². The number of nitrogens with zero attached hydrogens (tertiary/aromatic N) is 2. The van der Waals surface area contributed by atoms with Gasteiger partial charge in [-0.15, -0.1) is 0 Å². The fraction of sp³-hybridized carbons (Fsp3) is 0.306. The maximum atomic E-state index is 11.6. The quantitative estimate of drug-likeness (QED) is 0.276. The predicted molar refractivity (Wildman–Crippen MR) is 170 cm³/mol. The van der Waals surface area contributed by atoms with E-state index < -0.39 is 0 Å². The molecule has 10 bridgehead atoms. The molecular formula is C36H36N2O7. The minimum absolute atomic E-state index is 0.0652. The molecule has 0 aromatic heterocycles. The minimum Gasteiger partial charge on any atom is -0.504 e. The van der Waals surface area contributed by atoms with Gasteiger partial charge in [-0.05, 0) is 79.4 Å². The summed E-state index contributed by atoms with van der Waals surface area (Å²) in [6.45, 7) is 1.34. The highest BCUT2D eigenvalue weighted by molar-refractivity contribution is 6.05. The molecule has 9 heteroatoms. The number of fused-ring (bicyclic) bond motifs is 2. The van der Waals surface area contributed by atoms with Crippen molar-refractivity contribution in [3.63, 3.8) is 0 Å². The van der Waals surface area contributed by atoms with Crippen molar-refractivity contribution in [3.05, 3.63) is 88.0 Å². The van der Waals surface area contributed by atoms with Gasteiger partial charge >= 0.3 is 0 Å². The van der Waals surface area contributed by atoms with Gasteiger partial charge in [0, 0.05) is 48.0 Å². The highest BCUT2D eigenvalue weighted by Crippen LogP contribution is 2.52. The van der Waals surface area contributed by atoms with Crippen LogP contribution in [0, 0.1) is 0 Å². The number of benzene rings is 4. The smallest absolute Gasteiger partial charge is 0.204 e. The fourth-order valence-corrected chi connectivity index (χ4v) is 6.71. The zero-order valence-electron chi connectivity index (χ0n) is 25.8. The minimum atomic E-state index is -0.0912. The first-order valence-corrected chi connectivity index (χ1v) is 15.1. The molecule has 0 spiro atoms. The molecule has 8 rings (SSSR count). The predicted octanol–water partition coefficient (Wildman–Crippen LogP) is 6.38. The first-order valence-electron chi connectivity index (χ1n) is 15.1. The van der Waals surface area contributed by atoms with Crippen LogP contribution in [0.15, 0.2) is 59.6 Å². The van der Waals surface area contributed by atoms with Crippen LogP contribution < -0.4 is 23.7 Å². The Kier molecular flexibility index (Phi) is 7.41. The second-order valence-corrected chi connectivity index (χ2v) is 11.6. The van der Waals surface area contributed by atoms with Gasteiger partial charge in [0.05, 0.1) is 21.3 Å². The Labute approximate surface area is 262 Å². The average molecular weight is 609 g/mol. The van der Waals surface area contributed by atoms with E-state index >= 15 is 0 Å². The fourth-order valence-electron chi connectivity index (χ4n) is 6.71. The summed E-state index contributed by atoms with van der Waals surface area (Å²) in [6, 6.07) is 17.1. The molecule has 0 saturated carbocycles. The Balaban J connectivity index is 1.47. The monoisotopic (exact) mass is 608 g/mol. The number of hydrogen-bond donors (Lipinski definition) is 2. The lowest BCUT2D eigenvalue weighted by Gasteiger charge is -2.36. The molecule has 0 amide bonds. The summed E-state index contributed by atoms with van der Waals surface area (Å²) in [5.74, 6) is 3.30. The van der Waals surface area contributed by atoms with Gasteiger partial charge < -0.3 is 33.9 Å². The molecule has 0 aliphatic carbocycles. The number of hydrogen-bond acceptors (Lipinski definition) is 9. The molecule has 4 heterocycles. The molecule has 4 aliphatic heterocycles. The number of rotatable bonds is 3. The summed E-state index contributed by atoms with van der Waals surface area (Å²) >= 11 is 0. The van der Waals surface area contributed by atoms with Crippen molar-refractivity contribution in [1.29, 1.82) is 0 Å². The van der Waals surface area contributed by atoms with E-state index in [0.717, 1.165) is 45.6 Å². The van der Waals surface area contributed by atoms with Crippen molar-refractivity contribution in [2.75, 3.05) is 41.5 Å². The molecule has 1 atom stereocenters. The zero-order chi connectivity index (χ0) is 31.2. The largest absolute Gasteiger partial charge is 0.504 e. The highest BCUT2D eigenvalue weighted by Gasteiger charge is 2.33. The Morgan fingerprint density at radius 2 is 1.60 bits per heavy atom. The third-order valence-corrected chi connectivity index (χ3v) is 9.06. The van der Waals surface area contributed by atoms with E-state index in [1.54, 1.807) is 20.3 Å². The molecule has 4 aromatic carbocycles. The Morgan fingerprint density at radius 3 is 2.36 bits per heavy atom. The number of phenolic OH excluding ortho intramolecular Hbond substituents is 2. The summed E-state index contributed by atoms with van der Waals surface area (Å²) < 4.78 is 30.4. The van der Waals surface area contributed by atoms with Crippen molar-refractivity contribution in [2.24, 2.45) is 4.99 Å². The standard InChI is InChI=1S/C36H36N2O7/c1-38-14-12-23-26-19-32(35(42-3)33(23)40)45-34-24-11-13-37-27(25(24)18-31(41-2)36(34)43-4)15-20-5-8-22(9-6-20)44-30-17-21(16-28(26)38)7-10-29(30)39/h5-10,17-19,28,39-40H,11-16H2,1-4H3/t28-/m0/s1. The summed E-state index contributed by atoms with van der Waals surface area (Å²) in [6.07, 6.45) is 2.50. The molecule has 232 valence electrons. The molecule has 0 unspecified atom stereocenters. The molecular weight excluding hydrogens is 572 g/mol. The van der Waals surface area contributed by atoms with Crippen molar-refractivity contribution in [3.8, 4) is 51.7 Å². The van der Waals surface area contributed by atoms with Gasteiger partial charge in [0.1, 0.15) is 5.75 Å². The Morgan fingerprint density at radius 1 is 0.822 bits per heavy atom. The Bertz CT molecular complexity index is 1820. The van der Waals surface area contributed by atoms with Crippen LogP contribution >= 0.6 is 0 Å². The van der Waals surface area contributed by atoms with Gasteiger partial charge in [0.15, 0.2) is 34.5 Å². The summed E-state index contributed by atoms with van der Waals surface area (Å²) in [4.78, 5) is 7.17. The third kappa shape index (κ3) is 5.07. The second kappa shape index (κ2) is 11.6. The first kappa shape index (κ1) is 28.9. The maximum absolute atomic E-state index is 11.6. The molecule has 9 nitrogen and oxygen atoms in total. The molecule has 0 saturated heterocycles. The van der Waals surface area contributed by atoms with Gasteiger partial charge in [-0.2, -0.15) is 0 Å². The Hall–Kier alpha value is -4.89. The van der Waals surface area contributed by atoms with E-state index in [1.807, 2.05) is 48.5 Å².